The van der Waals surface area contributed by atoms with Gasteiger partial charge in [0, 0.05) is 35.4 Å². The Bertz CT molecular complexity index is 1250. The van der Waals surface area contributed by atoms with E-state index in [2.05, 4.69) is 26.1 Å². The Hall–Kier alpha value is -3.64. The number of rotatable bonds is 7. The standard InChI is InChI=1S/C32H39N3O3/c1-32(2,3)25-16-12-23(13-17-25)30(36)34-26-9-7-8-22(20-26)21-35(29-11-6-5-10-28(29)33)31(37)24-14-18-27(38-4)19-15-24/h7-9,12-20,28-29H,5-6,10-11,21,33H2,1-4H3,(H,34,36). The number of nitrogens with one attached hydrogen (secondary N) is 1. The fourth-order valence-corrected chi connectivity index (χ4v) is 5.04. The SMILES string of the molecule is COc1ccc(C(=O)N(Cc2cccc(NC(=O)c3ccc(C(C)(C)C)cc3)c2)C2CCCCC2N)cc1. The van der Waals surface area contributed by atoms with Crippen LogP contribution in [0.1, 0.15) is 78.3 Å². The minimum absolute atomic E-state index is 0.0271. The maximum Gasteiger partial charge on any atom is 0.255 e. The van der Waals surface area contributed by atoms with Gasteiger partial charge in [-0.25, -0.2) is 0 Å². The van der Waals surface area contributed by atoms with E-state index in [1.165, 1.54) is 5.56 Å². The van der Waals surface area contributed by atoms with Crippen LogP contribution in [0.2, 0.25) is 0 Å². The minimum Gasteiger partial charge on any atom is -0.497 e. The lowest BCUT2D eigenvalue weighted by Gasteiger charge is -2.38. The summed E-state index contributed by atoms with van der Waals surface area (Å²) in [6, 6.07) is 22.5. The quantitative estimate of drug-likeness (QED) is 0.396. The van der Waals surface area contributed by atoms with Gasteiger partial charge in [-0.1, -0.05) is 57.9 Å². The van der Waals surface area contributed by atoms with Crippen LogP contribution in [0.15, 0.2) is 72.8 Å². The summed E-state index contributed by atoms with van der Waals surface area (Å²) in [5.74, 6) is 0.491. The van der Waals surface area contributed by atoms with E-state index in [-0.39, 0.29) is 29.3 Å². The monoisotopic (exact) mass is 513 g/mol. The van der Waals surface area contributed by atoms with Gasteiger partial charge in [0.2, 0.25) is 0 Å². The second kappa shape index (κ2) is 11.8. The van der Waals surface area contributed by atoms with Gasteiger partial charge >= 0.3 is 0 Å². The molecule has 2 unspecified atom stereocenters. The van der Waals surface area contributed by atoms with Crippen molar-refractivity contribution in [3.05, 3.63) is 95.1 Å². The number of hydrogen-bond acceptors (Lipinski definition) is 4. The number of nitrogens with two attached hydrogens (primary N) is 1. The third-order valence-corrected chi connectivity index (χ3v) is 7.33. The van der Waals surface area contributed by atoms with Crippen molar-refractivity contribution in [2.24, 2.45) is 5.73 Å². The first-order valence-corrected chi connectivity index (χ1v) is 13.4. The number of carbonyl (C=O) groups is 2. The predicted octanol–water partition coefficient (Wildman–Crippen LogP) is 6.16. The molecule has 0 spiro atoms. The van der Waals surface area contributed by atoms with Gasteiger partial charge < -0.3 is 20.7 Å². The highest BCUT2D eigenvalue weighted by molar-refractivity contribution is 6.04. The zero-order chi connectivity index (χ0) is 27.3. The van der Waals surface area contributed by atoms with Crippen LogP contribution in [-0.4, -0.2) is 35.9 Å². The van der Waals surface area contributed by atoms with E-state index < -0.39 is 0 Å². The smallest absolute Gasteiger partial charge is 0.255 e. The summed E-state index contributed by atoms with van der Waals surface area (Å²) in [7, 11) is 1.61. The molecule has 2 atom stereocenters. The van der Waals surface area contributed by atoms with E-state index in [1.807, 2.05) is 53.4 Å². The third-order valence-electron chi connectivity index (χ3n) is 7.33. The van der Waals surface area contributed by atoms with Crippen molar-refractivity contribution >= 4 is 17.5 Å². The number of amides is 2. The molecule has 0 aliphatic heterocycles. The molecule has 0 heterocycles. The van der Waals surface area contributed by atoms with Crippen molar-refractivity contribution < 1.29 is 14.3 Å². The largest absolute Gasteiger partial charge is 0.497 e. The molecule has 3 aromatic carbocycles. The lowest BCUT2D eigenvalue weighted by atomic mass is 9.87. The topological polar surface area (TPSA) is 84.7 Å². The maximum atomic E-state index is 13.7. The number of anilines is 1. The Morgan fingerprint density at radius 1 is 0.947 bits per heavy atom. The molecular weight excluding hydrogens is 474 g/mol. The highest BCUT2D eigenvalue weighted by atomic mass is 16.5. The zero-order valence-electron chi connectivity index (χ0n) is 22.9. The van der Waals surface area contributed by atoms with E-state index in [1.54, 1.807) is 31.4 Å². The summed E-state index contributed by atoms with van der Waals surface area (Å²) in [5.41, 5.74) is 10.6. The van der Waals surface area contributed by atoms with E-state index in [0.717, 1.165) is 31.2 Å². The summed E-state index contributed by atoms with van der Waals surface area (Å²) in [4.78, 5) is 28.5. The van der Waals surface area contributed by atoms with Crippen LogP contribution in [-0.2, 0) is 12.0 Å². The Balaban J connectivity index is 1.53. The number of methoxy groups -OCH3 is 1. The molecule has 1 fully saturated rings. The summed E-state index contributed by atoms with van der Waals surface area (Å²) < 4.78 is 5.26. The molecule has 0 radical (unpaired) electrons. The first-order chi connectivity index (χ1) is 18.2. The van der Waals surface area contributed by atoms with Gasteiger partial charge in [0.05, 0.1) is 7.11 Å². The number of hydrogen-bond donors (Lipinski definition) is 2. The Kier molecular flexibility index (Phi) is 8.52. The average molecular weight is 514 g/mol. The molecule has 0 bridgehead atoms. The molecule has 3 N–H and O–H groups in total. The van der Waals surface area contributed by atoms with Crippen molar-refractivity contribution in [2.45, 2.75) is 70.5 Å². The molecule has 6 nitrogen and oxygen atoms in total. The Morgan fingerprint density at radius 2 is 1.61 bits per heavy atom. The fourth-order valence-electron chi connectivity index (χ4n) is 5.04. The molecule has 200 valence electrons. The Labute approximate surface area is 226 Å². The lowest BCUT2D eigenvalue weighted by Crippen LogP contribution is -2.51. The van der Waals surface area contributed by atoms with Crippen molar-refractivity contribution in [3.8, 4) is 5.75 Å². The van der Waals surface area contributed by atoms with E-state index >= 15 is 0 Å². The summed E-state index contributed by atoms with van der Waals surface area (Å²) >= 11 is 0. The van der Waals surface area contributed by atoms with E-state index in [9.17, 15) is 9.59 Å². The number of carbonyl (C=O) groups excluding carboxylic acids is 2. The van der Waals surface area contributed by atoms with Gasteiger partial charge in [0.15, 0.2) is 0 Å². The van der Waals surface area contributed by atoms with Crippen LogP contribution >= 0.6 is 0 Å². The molecule has 6 heteroatoms. The molecule has 2 amide bonds. The first-order valence-electron chi connectivity index (χ1n) is 13.4. The summed E-state index contributed by atoms with van der Waals surface area (Å²) in [6.07, 6.45) is 3.92. The van der Waals surface area contributed by atoms with Gasteiger partial charge in [0.1, 0.15) is 5.75 Å². The van der Waals surface area contributed by atoms with Crippen LogP contribution in [0.25, 0.3) is 0 Å². The normalized spacial score (nSPS) is 17.5. The minimum atomic E-state index is -0.164. The number of ether oxygens (including phenoxy) is 1. The van der Waals surface area contributed by atoms with E-state index in [0.29, 0.717) is 29.1 Å². The van der Waals surface area contributed by atoms with Crippen molar-refractivity contribution in [3.63, 3.8) is 0 Å². The molecule has 0 aromatic heterocycles. The average Bonchev–Trinajstić information content (AvgIpc) is 2.92. The third kappa shape index (κ3) is 6.62. The first kappa shape index (κ1) is 27.4. The highest BCUT2D eigenvalue weighted by Gasteiger charge is 2.31. The molecule has 1 aliphatic carbocycles. The zero-order valence-corrected chi connectivity index (χ0v) is 22.9. The second-order valence-electron chi connectivity index (χ2n) is 11.2. The van der Waals surface area contributed by atoms with Crippen LogP contribution < -0.4 is 15.8 Å². The van der Waals surface area contributed by atoms with Crippen LogP contribution in [0.4, 0.5) is 5.69 Å². The van der Waals surface area contributed by atoms with Gasteiger partial charge in [0.25, 0.3) is 11.8 Å². The maximum absolute atomic E-state index is 13.7. The van der Waals surface area contributed by atoms with Gasteiger partial charge in [-0.05, 0) is 77.9 Å². The van der Waals surface area contributed by atoms with Crippen molar-refractivity contribution in [2.75, 3.05) is 12.4 Å². The second-order valence-corrected chi connectivity index (χ2v) is 11.2. The van der Waals surface area contributed by atoms with Crippen LogP contribution in [0, 0.1) is 0 Å². The van der Waals surface area contributed by atoms with Crippen LogP contribution in [0.5, 0.6) is 5.75 Å². The van der Waals surface area contributed by atoms with Crippen LogP contribution in [0.3, 0.4) is 0 Å². The van der Waals surface area contributed by atoms with Crippen molar-refractivity contribution in [1.82, 2.24) is 4.90 Å². The number of benzene rings is 3. The number of nitrogens with zero attached hydrogens (tertiary/aromatic N) is 1. The molecule has 0 saturated heterocycles. The molecule has 1 aliphatic rings. The predicted molar refractivity (Wildman–Crippen MR) is 153 cm³/mol. The fraction of sp³-hybridized carbons (Fsp3) is 0.375. The van der Waals surface area contributed by atoms with Crippen molar-refractivity contribution in [1.29, 1.82) is 0 Å². The molecule has 3 aromatic rings. The molecular formula is C32H39N3O3. The molecule has 38 heavy (non-hydrogen) atoms. The highest BCUT2D eigenvalue weighted by Crippen LogP contribution is 2.27. The lowest BCUT2D eigenvalue weighted by molar-refractivity contribution is 0.0583. The van der Waals surface area contributed by atoms with Gasteiger partial charge in [-0.15, -0.1) is 0 Å². The summed E-state index contributed by atoms with van der Waals surface area (Å²) in [5, 5.41) is 3.01. The van der Waals surface area contributed by atoms with E-state index in [4.69, 9.17) is 10.5 Å². The Morgan fingerprint density at radius 3 is 2.24 bits per heavy atom. The van der Waals surface area contributed by atoms with Gasteiger partial charge in [-0.2, -0.15) is 0 Å². The van der Waals surface area contributed by atoms with Gasteiger partial charge in [-0.3, -0.25) is 9.59 Å². The molecule has 1 saturated carbocycles. The molecule has 4 rings (SSSR count). The summed E-state index contributed by atoms with van der Waals surface area (Å²) in [6.45, 7) is 6.86.